The van der Waals surface area contributed by atoms with Gasteiger partial charge in [-0.3, -0.25) is 28.8 Å². The number of hydrogen-bond acceptors (Lipinski definition) is 10. The number of nitrogens with one attached hydrogen (secondary N) is 2. The number of ketones is 2. The normalized spacial score (nSPS) is 11.6. The van der Waals surface area contributed by atoms with Crippen LogP contribution in [-0.4, -0.2) is 76.9 Å². The molecule has 0 fully saturated rings. The summed E-state index contributed by atoms with van der Waals surface area (Å²) in [7, 11) is -7.37. The molecule has 64 heavy (non-hydrogen) atoms. The highest BCUT2D eigenvalue weighted by Crippen LogP contribution is 2.30. The van der Waals surface area contributed by atoms with Gasteiger partial charge in [-0.25, -0.2) is 16.8 Å². The van der Waals surface area contributed by atoms with Crippen LogP contribution < -0.4 is 18.9 Å². The highest BCUT2D eigenvalue weighted by atomic mass is 32.2. The lowest BCUT2D eigenvalue weighted by atomic mass is 10.1. The summed E-state index contributed by atoms with van der Waals surface area (Å²) in [4.78, 5) is 32.0. The zero-order valence-electron chi connectivity index (χ0n) is 36.1. The molecule has 14 heteroatoms. The van der Waals surface area contributed by atoms with Crippen LogP contribution in [-0.2, 0) is 46.3 Å². The van der Waals surface area contributed by atoms with Crippen molar-refractivity contribution in [2.45, 2.75) is 39.1 Å². The van der Waals surface area contributed by atoms with E-state index in [9.17, 15) is 26.4 Å². The predicted molar refractivity (Wildman–Crippen MR) is 253 cm³/mol. The van der Waals surface area contributed by atoms with Gasteiger partial charge in [0.15, 0.2) is 11.6 Å². The van der Waals surface area contributed by atoms with E-state index in [1.807, 2.05) is 121 Å². The molecule has 0 aromatic heterocycles. The third kappa shape index (κ3) is 15.8. The second kappa shape index (κ2) is 22.9. The Kier molecular flexibility index (Phi) is 16.8. The first-order chi connectivity index (χ1) is 30.8. The van der Waals surface area contributed by atoms with Gasteiger partial charge in [0.25, 0.3) is 0 Å². The molecule has 2 N–H and O–H groups in total. The molecule has 6 rings (SSSR count). The zero-order valence-corrected chi connectivity index (χ0v) is 37.7. The Labute approximate surface area is 377 Å². The van der Waals surface area contributed by atoms with E-state index in [2.05, 4.69) is 19.2 Å². The Hall–Kier alpha value is -6.32. The summed E-state index contributed by atoms with van der Waals surface area (Å²) in [6, 6.07) is 48.3. The van der Waals surface area contributed by atoms with Crippen LogP contribution >= 0.6 is 0 Å². The van der Waals surface area contributed by atoms with Crippen LogP contribution in [0.15, 0.2) is 158 Å². The van der Waals surface area contributed by atoms with Crippen molar-refractivity contribution in [3.8, 4) is 11.5 Å². The van der Waals surface area contributed by atoms with Crippen molar-refractivity contribution < 1.29 is 35.9 Å². The van der Waals surface area contributed by atoms with Crippen LogP contribution in [0.1, 0.15) is 55.8 Å². The molecule has 0 unspecified atom stereocenters. The van der Waals surface area contributed by atoms with Crippen molar-refractivity contribution in [1.29, 1.82) is 0 Å². The number of hydrogen-bond donors (Lipinski definition) is 2. The van der Waals surface area contributed by atoms with Gasteiger partial charge < -0.3 is 9.47 Å². The molecule has 0 radical (unpaired) electrons. The van der Waals surface area contributed by atoms with Crippen LogP contribution in [0.5, 0.6) is 11.5 Å². The van der Waals surface area contributed by atoms with Crippen molar-refractivity contribution in [3.05, 3.63) is 191 Å². The van der Waals surface area contributed by atoms with E-state index in [1.165, 1.54) is 12.1 Å². The minimum absolute atomic E-state index is 0.0819. The minimum Gasteiger partial charge on any atom is -0.487 e. The number of anilines is 2. The minimum atomic E-state index is -3.68. The number of benzene rings is 6. The molecule has 0 aliphatic rings. The van der Waals surface area contributed by atoms with E-state index in [0.717, 1.165) is 34.8 Å². The third-order valence-electron chi connectivity index (χ3n) is 10.1. The van der Waals surface area contributed by atoms with Gasteiger partial charge in [0.1, 0.15) is 24.7 Å². The average molecular weight is 903 g/mol. The van der Waals surface area contributed by atoms with Gasteiger partial charge in [0.2, 0.25) is 20.0 Å². The van der Waals surface area contributed by atoms with Crippen molar-refractivity contribution in [2.24, 2.45) is 0 Å². The molecule has 6 aromatic carbocycles. The van der Waals surface area contributed by atoms with E-state index in [4.69, 9.17) is 9.47 Å². The van der Waals surface area contributed by atoms with Crippen LogP contribution in [0.25, 0.3) is 0 Å². The summed E-state index contributed by atoms with van der Waals surface area (Å²) in [5.41, 5.74) is 4.95. The molecule has 12 nitrogen and oxygen atoms in total. The molecule has 0 aliphatic carbocycles. The molecule has 334 valence electrons. The second-order valence-electron chi connectivity index (χ2n) is 15.7. The summed E-state index contributed by atoms with van der Waals surface area (Å²) >= 11 is 0. The van der Waals surface area contributed by atoms with Gasteiger partial charge in [-0.2, -0.15) is 0 Å². The molecular weight excluding hydrogens is 849 g/mol. The van der Waals surface area contributed by atoms with E-state index in [-0.39, 0.29) is 49.2 Å². The monoisotopic (exact) mass is 902 g/mol. The van der Waals surface area contributed by atoms with E-state index >= 15 is 0 Å². The van der Waals surface area contributed by atoms with E-state index in [0.29, 0.717) is 61.6 Å². The lowest BCUT2D eigenvalue weighted by molar-refractivity contribution is 0.0904. The van der Waals surface area contributed by atoms with Crippen LogP contribution in [0.2, 0.25) is 0 Å². The molecule has 0 spiro atoms. The molecule has 0 saturated carbocycles. The van der Waals surface area contributed by atoms with E-state index in [1.54, 1.807) is 24.3 Å². The Morgan fingerprint density at radius 1 is 0.469 bits per heavy atom. The van der Waals surface area contributed by atoms with Crippen molar-refractivity contribution >= 4 is 43.0 Å². The first-order valence-electron chi connectivity index (χ1n) is 20.9. The van der Waals surface area contributed by atoms with Gasteiger partial charge in [0, 0.05) is 24.2 Å². The van der Waals surface area contributed by atoms with Crippen LogP contribution in [0.3, 0.4) is 0 Å². The lowest BCUT2D eigenvalue weighted by Gasteiger charge is -2.25. The Morgan fingerprint density at radius 2 is 0.797 bits per heavy atom. The van der Waals surface area contributed by atoms with Gasteiger partial charge in [-0.15, -0.1) is 0 Å². The molecule has 0 atom stereocenters. The van der Waals surface area contributed by atoms with Crippen LogP contribution in [0, 0.1) is 0 Å². The van der Waals surface area contributed by atoms with E-state index < -0.39 is 20.0 Å². The number of Topliss-reactive ketones (excluding diaryl/α,β-unsaturated/α-hetero) is 2. The summed E-state index contributed by atoms with van der Waals surface area (Å²) in [5, 5.41) is 0. The highest BCUT2D eigenvalue weighted by molar-refractivity contribution is 7.92. The molecular formula is C50H54N4O8S2. The third-order valence-corrected chi connectivity index (χ3v) is 11.3. The number of sulfonamides is 2. The first kappa shape index (κ1) is 47.2. The summed E-state index contributed by atoms with van der Waals surface area (Å²) in [6.07, 6.45) is 3.53. The molecule has 0 saturated heterocycles. The number of nitrogens with zero attached hydrogens (tertiary/aromatic N) is 2. The SMILES string of the molecule is CS(=O)(=O)Nc1cc(C(=O)CN(CCCCN(CC(=O)c2ccc(OCc3ccccc3)c(NS(C)(=O)=O)c2)Cc2ccccc2)Cc2ccccc2)ccc1OCc1ccccc1. The Morgan fingerprint density at radius 3 is 1.12 bits per heavy atom. The first-order valence-corrected chi connectivity index (χ1v) is 24.7. The summed E-state index contributed by atoms with van der Waals surface area (Å²) in [6.45, 7) is 2.78. The largest absolute Gasteiger partial charge is 0.487 e. The summed E-state index contributed by atoms with van der Waals surface area (Å²) in [5.74, 6) is 0.252. The van der Waals surface area contributed by atoms with Crippen molar-refractivity contribution in [1.82, 2.24) is 9.80 Å². The molecule has 0 bridgehead atoms. The second-order valence-corrected chi connectivity index (χ2v) is 19.2. The summed E-state index contributed by atoms with van der Waals surface area (Å²) < 4.78 is 66.4. The topological polar surface area (TPSA) is 151 Å². The Bertz CT molecular complexity index is 2480. The number of ether oxygens (including phenoxy) is 2. The number of rotatable bonds is 25. The number of carbonyl (C=O) groups is 2. The maximum Gasteiger partial charge on any atom is 0.229 e. The predicted octanol–water partition coefficient (Wildman–Crippen LogP) is 8.44. The maximum atomic E-state index is 13.9. The zero-order chi connectivity index (χ0) is 45.4. The maximum absolute atomic E-state index is 13.9. The standard InChI is InChI=1S/C50H54N4O8S2/c1-63(57,58)51-45-31-43(25-27-49(45)61-37-41-21-11-5-12-22-41)47(55)35-53(33-39-17-7-3-8-18-39)29-15-16-30-54(34-40-19-9-4-10-20-40)36-48(56)44-26-28-50(46(32-44)52-64(2,59)60)62-38-42-23-13-6-14-24-42/h3-14,17-28,31-32,51-52H,15-16,29-30,33-38H2,1-2H3. The smallest absolute Gasteiger partial charge is 0.229 e. The van der Waals surface area contributed by atoms with Gasteiger partial charge in [0.05, 0.1) is 37.0 Å². The molecule has 6 aromatic rings. The lowest BCUT2D eigenvalue weighted by Crippen LogP contribution is -2.33. The van der Waals surface area contributed by atoms with Gasteiger partial charge >= 0.3 is 0 Å². The van der Waals surface area contributed by atoms with Crippen LogP contribution in [0.4, 0.5) is 11.4 Å². The molecule has 0 aliphatic heterocycles. The average Bonchev–Trinajstić information content (AvgIpc) is 3.27. The molecule has 0 amide bonds. The van der Waals surface area contributed by atoms with Gasteiger partial charge in [-0.05, 0) is 84.6 Å². The molecule has 0 heterocycles. The van der Waals surface area contributed by atoms with Crippen molar-refractivity contribution in [3.63, 3.8) is 0 Å². The van der Waals surface area contributed by atoms with Crippen molar-refractivity contribution in [2.75, 3.05) is 48.1 Å². The fraction of sp³-hybridized carbons (Fsp3) is 0.240. The number of carbonyl (C=O) groups excluding carboxylic acids is 2. The highest BCUT2D eigenvalue weighted by Gasteiger charge is 2.20. The fourth-order valence-electron chi connectivity index (χ4n) is 7.06. The quantitative estimate of drug-likeness (QED) is 0.0423. The Balaban J connectivity index is 1.14. The van der Waals surface area contributed by atoms with Gasteiger partial charge in [-0.1, -0.05) is 121 Å². The number of unbranched alkanes of at least 4 members (excludes halogenated alkanes) is 1. The fourth-order valence-corrected chi connectivity index (χ4v) is 8.18.